The van der Waals surface area contributed by atoms with Gasteiger partial charge < -0.3 is 29.0 Å². The Morgan fingerprint density at radius 2 is 1.33 bits per heavy atom. The van der Waals surface area contributed by atoms with Gasteiger partial charge in [0, 0.05) is 12.8 Å². The third-order valence-corrected chi connectivity index (χ3v) is 5.47. The van der Waals surface area contributed by atoms with Crippen LogP contribution in [-0.2, 0) is 19.1 Å². The molecule has 218 valence electrons. The van der Waals surface area contributed by atoms with Gasteiger partial charge in [0.15, 0.2) is 0 Å². The van der Waals surface area contributed by atoms with E-state index >= 15 is 0 Å². The molecule has 2 atom stereocenters. The van der Waals surface area contributed by atoms with Gasteiger partial charge in [0.1, 0.15) is 18.8 Å². The van der Waals surface area contributed by atoms with Gasteiger partial charge in [-0.1, -0.05) is 98.4 Å². The maximum atomic E-state index is 11.8. The van der Waals surface area contributed by atoms with E-state index in [0.29, 0.717) is 6.42 Å². The Morgan fingerprint density at radius 3 is 1.85 bits per heavy atom. The van der Waals surface area contributed by atoms with E-state index in [2.05, 4.69) is 19.1 Å². The van der Waals surface area contributed by atoms with Crippen LogP contribution in [0, 0.1) is 0 Å². The first-order chi connectivity index (χ1) is 18.7. The van der Waals surface area contributed by atoms with E-state index in [-0.39, 0.29) is 36.7 Å². The van der Waals surface area contributed by atoms with E-state index in [1.54, 1.807) is 21.1 Å². The normalized spacial score (nSPS) is 14.8. The average Bonchev–Trinajstić information content (AvgIpc) is 2.87. The zero-order chi connectivity index (χ0) is 29.2. The molecule has 0 aliphatic carbocycles. The maximum Gasteiger partial charge on any atom is 0.305 e. The molecule has 39 heavy (non-hydrogen) atoms. The summed E-state index contributed by atoms with van der Waals surface area (Å²) >= 11 is 0. The SMILES string of the molecule is CC/C=C/C=C/C=C/C=C/C=C/C=C/C=C/CCCCCC(=O)OCC(O)COCCC(C(=O)[O-])[N+](C)(C)C. The first kappa shape index (κ1) is 36.0. The van der Waals surface area contributed by atoms with Gasteiger partial charge in [0.05, 0.1) is 40.3 Å². The van der Waals surface area contributed by atoms with Crippen molar-refractivity contribution >= 4 is 11.9 Å². The molecule has 0 rings (SSSR count). The number of nitrogens with zero attached hydrogens (tertiary/aromatic N) is 1. The van der Waals surface area contributed by atoms with E-state index in [0.717, 1.165) is 32.1 Å². The fraction of sp³-hybridized carbons (Fsp3) is 0.500. The Hall–Kier alpha value is -3.00. The van der Waals surface area contributed by atoms with Crippen LogP contribution < -0.4 is 5.11 Å². The summed E-state index contributed by atoms with van der Waals surface area (Å²) in [5.41, 5.74) is 0. The van der Waals surface area contributed by atoms with Crippen LogP contribution in [0.5, 0.6) is 0 Å². The third-order valence-electron chi connectivity index (χ3n) is 5.47. The van der Waals surface area contributed by atoms with Crippen molar-refractivity contribution in [2.45, 2.75) is 64.0 Å². The maximum absolute atomic E-state index is 11.8. The van der Waals surface area contributed by atoms with Crippen molar-refractivity contribution in [3.63, 3.8) is 0 Å². The highest BCUT2D eigenvalue weighted by atomic mass is 16.5. The van der Waals surface area contributed by atoms with E-state index in [1.807, 2.05) is 72.9 Å². The standard InChI is InChI=1S/C32H49NO6/c1-5-6-7-8-9-10-11-12-13-14-15-16-17-18-19-20-21-22-23-24-31(35)39-28-29(34)27-38-26-25-30(32(36)37)33(2,3)4/h6-19,29-30,34H,5,20-28H2,1-4H3/b7-6+,9-8+,11-10+,13-12+,15-14+,17-16+,19-18+. The van der Waals surface area contributed by atoms with Gasteiger partial charge in [0.25, 0.3) is 0 Å². The van der Waals surface area contributed by atoms with Crippen molar-refractivity contribution < 1.29 is 33.8 Å². The number of aliphatic hydroxyl groups excluding tert-OH is 1. The van der Waals surface area contributed by atoms with Crippen LogP contribution in [0.1, 0.15) is 51.9 Å². The van der Waals surface area contributed by atoms with Crippen molar-refractivity contribution in [3.8, 4) is 0 Å². The Balaban J connectivity index is 3.80. The second-order valence-electron chi connectivity index (χ2n) is 9.94. The molecule has 0 saturated carbocycles. The number of allylic oxidation sites excluding steroid dienone is 14. The number of carbonyl (C=O) groups excluding carboxylic acids is 2. The molecule has 0 aromatic heterocycles. The van der Waals surface area contributed by atoms with Crippen molar-refractivity contribution in [2.24, 2.45) is 0 Å². The highest BCUT2D eigenvalue weighted by Gasteiger charge is 2.24. The number of carboxylic acid groups (broad SMARTS) is 1. The number of unbranched alkanes of at least 4 members (excludes halogenated alkanes) is 3. The molecule has 7 nitrogen and oxygen atoms in total. The number of aliphatic hydroxyl groups is 1. The molecule has 7 heteroatoms. The molecular formula is C32H49NO6. The quantitative estimate of drug-likeness (QED) is 0.0943. The fourth-order valence-electron chi connectivity index (χ4n) is 3.28. The lowest BCUT2D eigenvalue weighted by Gasteiger charge is -2.34. The van der Waals surface area contributed by atoms with Crippen LogP contribution in [0.25, 0.3) is 0 Å². The molecule has 0 radical (unpaired) electrons. The predicted molar refractivity (Wildman–Crippen MR) is 157 cm³/mol. The van der Waals surface area contributed by atoms with E-state index in [9.17, 15) is 19.8 Å². The second kappa shape index (κ2) is 24.1. The molecule has 0 fully saturated rings. The summed E-state index contributed by atoms with van der Waals surface area (Å²) in [6.07, 6.45) is 32.4. The van der Waals surface area contributed by atoms with Gasteiger partial charge >= 0.3 is 5.97 Å². The van der Waals surface area contributed by atoms with Crippen molar-refractivity contribution in [2.75, 3.05) is 41.0 Å². The number of quaternary nitrogens is 1. The molecule has 0 aliphatic rings. The molecule has 0 amide bonds. The lowest BCUT2D eigenvalue weighted by atomic mass is 10.1. The largest absolute Gasteiger partial charge is 0.544 e. The zero-order valence-corrected chi connectivity index (χ0v) is 24.2. The molecule has 0 aromatic carbocycles. The van der Waals surface area contributed by atoms with E-state index in [1.165, 1.54) is 0 Å². The van der Waals surface area contributed by atoms with Gasteiger partial charge in [-0.25, -0.2) is 0 Å². The second-order valence-corrected chi connectivity index (χ2v) is 9.94. The van der Waals surface area contributed by atoms with Crippen molar-refractivity contribution in [1.29, 1.82) is 0 Å². The summed E-state index contributed by atoms with van der Waals surface area (Å²) < 4.78 is 10.7. The minimum atomic E-state index is -1.13. The van der Waals surface area contributed by atoms with Crippen LogP contribution >= 0.6 is 0 Å². The van der Waals surface area contributed by atoms with E-state index in [4.69, 9.17) is 9.47 Å². The number of rotatable bonds is 22. The van der Waals surface area contributed by atoms with Crippen LogP contribution in [0.15, 0.2) is 85.1 Å². The summed E-state index contributed by atoms with van der Waals surface area (Å²) in [7, 11) is 5.32. The molecule has 0 heterocycles. The molecular weight excluding hydrogens is 494 g/mol. The summed E-state index contributed by atoms with van der Waals surface area (Å²) in [6, 6.07) is -0.698. The molecule has 2 unspecified atom stereocenters. The minimum Gasteiger partial charge on any atom is -0.544 e. The van der Waals surface area contributed by atoms with Crippen LogP contribution in [0.3, 0.4) is 0 Å². The van der Waals surface area contributed by atoms with Crippen molar-refractivity contribution in [3.05, 3.63) is 85.1 Å². The number of likely N-dealkylation sites (N-methyl/N-ethyl adjacent to an activating group) is 1. The number of esters is 1. The highest BCUT2D eigenvalue weighted by molar-refractivity contribution is 5.69. The first-order valence-electron chi connectivity index (χ1n) is 13.8. The first-order valence-corrected chi connectivity index (χ1v) is 13.8. The molecule has 0 spiro atoms. The molecule has 0 aromatic rings. The van der Waals surface area contributed by atoms with Crippen LogP contribution in [-0.4, -0.2) is 74.6 Å². The zero-order valence-electron chi connectivity index (χ0n) is 24.2. The number of hydrogen-bond donors (Lipinski definition) is 1. The molecule has 0 bridgehead atoms. The van der Waals surface area contributed by atoms with Gasteiger partial charge in [-0.2, -0.15) is 0 Å². The van der Waals surface area contributed by atoms with Gasteiger partial charge in [-0.3, -0.25) is 4.79 Å². The highest BCUT2D eigenvalue weighted by Crippen LogP contribution is 2.08. The summed E-state index contributed by atoms with van der Waals surface area (Å²) in [5.74, 6) is -1.47. The Morgan fingerprint density at radius 1 is 0.795 bits per heavy atom. The van der Waals surface area contributed by atoms with E-state index < -0.39 is 18.1 Å². The summed E-state index contributed by atoms with van der Waals surface area (Å²) in [5, 5.41) is 21.1. The average molecular weight is 544 g/mol. The predicted octanol–water partition coefficient (Wildman–Crippen LogP) is 4.38. The molecule has 0 saturated heterocycles. The summed E-state index contributed by atoms with van der Waals surface area (Å²) in [6.45, 7) is 2.12. The number of carbonyl (C=O) groups is 2. The molecule has 0 aliphatic heterocycles. The number of carboxylic acids is 1. The number of hydrogen-bond acceptors (Lipinski definition) is 6. The Labute approximate surface area is 235 Å². The van der Waals surface area contributed by atoms with Gasteiger partial charge in [-0.15, -0.1) is 0 Å². The Kier molecular flexibility index (Phi) is 22.2. The number of aliphatic carboxylic acids is 1. The third kappa shape index (κ3) is 23.8. The Bertz CT molecular complexity index is 858. The monoisotopic (exact) mass is 543 g/mol. The van der Waals surface area contributed by atoms with Gasteiger partial charge in [-0.05, 0) is 25.7 Å². The fourth-order valence-corrected chi connectivity index (χ4v) is 3.28. The smallest absolute Gasteiger partial charge is 0.305 e. The topological polar surface area (TPSA) is 95.9 Å². The lowest BCUT2D eigenvalue weighted by molar-refractivity contribution is -0.889. The van der Waals surface area contributed by atoms with Crippen molar-refractivity contribution in [1.82, 2.24) is 0 Å². The minimum absolute atomic E-state index is 0.0238. The molecule has 1 N–H and O–H groups in total. The van der Waals surface area contributed by atoms with Crippen LogP contribution in [0.4, 0.5) is 0 Å². The van der Waals surface area contributed by atoms with Gasteiger partial charge in [0.2, 0.25) is 0 Å². The number of ether oxygens (including phenoxy) is 2. The lowest BCUT2D eigenvalue weighted by Crippen LogP contribution is -2.55. The van der Waals surface area contributed by atoms with Crippen LogP contribution in [0.2, 0.25) is 0 Å². The summed E-state index contributed by atoms with van der Waals surface area (Å²) in [4.78, 5) is 23.1.